The summed E-state index contributed by atoms with van der Waals surface area (Å²) in [7, 11) is 1.11. The average Bonchev–Trinajstić information content (AvgIpc) is 2.27. The summed E-state index contributed by atoms with van der Waals surface area (Å²) in [6.45, 7) is 2.85. The van der Waals surface area contributed by atoms with Gasteiger partial charge in [-0.25, -0.2) is 9.59 Å². The predicted molar refractivity (Wildman–Crippen MR) is 57.4 cm³/mol. The van der Waals surface area contributed by atoms with Gasteiger partial charge in [-0.3, -0.25) is 4.79 Å². The molecule has 2 N–H and O–H groups in total. The van der Waals surface area contributed by atoms with Gasteiger partial charge in [-0.1, -0.05) is 0 Å². The van der Waals surface area contributed by atoms with Crippen molar-refractivity contribution in [3.8, 4) is 0 Å². The number of hydrogen-bond donors (Lipinski definition) is 2. The SMILES string of the molecule is [2H]CC(C)(C)OC(=O)N[C@@H](CC(=O)OC)C(=O)O. The van der Waals surface area contributed by atoms with Crippen molar-refractivity contribution in [1.29, 1.82) is 0 Å². The molecule has 0 aliphatic rings. The summed E-state index contributed by atoms with van der Waals surface area (Å²) in [6.07, 6.45) is -1.49. The van der Waals surface area contributed by atoms with Gasteiger partial charge in [0, 0.05) is 1.37 Å². The van der Waals surface area contributed by atoms with Gasteiger partial charge < -0.3 is 19.9 Å². The zero-order valence-corrected chi connectivity index (χ0v) is 9.98. The van der Waals surface area contributed by atoms with Crippen LogP contribution in [0.4, 0.5) is 4.79 Å². The van der Waals surface area contributed by atoms with Crippen LogP contribution in [0.3, 0.4) is 0 Å². The number of alkyl carbamates (subject to hydrolysis) is 1. The Bertz CT molecular complexity index is 330. The van der Waals surface area contributed by atoms with Crippen LogP contribution < -0.4 is 5.32 Å². The van der Waals surface area contributed by atoms with Crippen molar-refractivity contribution in [3.63, 3.8) is 0 Å². The van der Waals surface area contributed by atoms with Crippen molar-refractivity contribution in [1.82, 2.24) is 5.32 Å². The first kappa shape index (κ1) is 13.3. The van der Waals surface area contributed by atoms with Gasteiger partial charge in [0.25, 0.3) is 0 Å². The fourth-order valence-electron chi connectivity index (χ4n) is 0.873. The predicted octanol–water partition coefficient (Wildman–Crippen LogP) is 0.527. The molecule has 0 saturated heterocycles. The Labute approximate surface area is 100 Å². The Balaban J connectivity index is 4.46. The number of ether oxygens (including phenoxy) is 2. The Kier molecular flexibility index (Phi) is 4.74. The lowest BCUT2D eigenvalue weighted by atomic mass is 10.2. The second kappa shape index (κ2) is 6.07. The highest BCUT2D eigenvalue weighted by atomic mass is 16.6. The molecule has 0 rings (SSSR count). The number of carboxylic acid groups (broad SMARTS) is 1. The molecule has 0 aromatic rings. The van der Waals surface area contributed by atoms with Crippen LogP contribution in [0.2, 0.25) is 0 Å². The molecule has 1 amide bonds. The van der Waals surface area contributed by atoms with E-state index < -0.39 is 36.1 Å². The van der Waals surface area contributed by atoms with E-state index in [-0.39, 0.29) is 6.90 Å². The number of aliphatic carboxylic acids is 1. The maximum absolute atomic E-state index is 11.4. The van der Waals surface area contributed by atoms with Crippen molar-refractivity contribution < 1.29 is 30.3 Å². The summed E-state index contributed by atoms with van der Waals surface area (Å²) in [5.41, 5.74) is -1.03. The maximum atomic E-state index is 11.4. The van der Waals surface area contributed by atoms with Gasteiger partial charge in [0.1, 0.15) is 11.6 Å². The van der Waals surface area contributed by atoms with Gasteiger partial charge in [0.15, 0.2) is 0 Å². The van der Waals surface area contributed by atoms with Gasteiger partial charge in [-0.2, -0.15) is 0 Å². The van der Waals surface area contributed by atoms with Gasteiger partial charge in [0.05, 0.1) is 13.5 Å². The van der Waals surface area contributed by atoms with Crippen LogP contribution in [0.15, 0.2) is 0 Å². The van der Waals surface area contributed by atoms with E-state index in [0.717, 1.165) is 7.11 Å². The van der Waals surface area contributed by atoms with Crippen LogP contribution in [0.1, 0.15) is 28.5 Å². The third-order valence-corrected chi connectivity index (χ3v) is 1.56. The van der Waals surface area contributed by atoms with Gasteiger partial charge in [-0.05, 0) is 20.7 Å². The highest BCUT2D eigenvalue weighted by Crippen LogP contribution is 2.07. The molecule has 0 heterocycles. The Morgan fingerprint density at radius 1 is 1.47 bits per heavy atom. The quantitative estimate of drug-likeness (QED) is 0.703. The van der Waals surface area contributed by atoms with Crippen molar-refractivity contribution in [3.05, 3.63) is 0 Å². The summed E-state index contributed by atoms with van der Waals surface area (Å²) in [4.78, 5) is 33.1. The minimum Gasteiger partial charge on any atom is -0.480 e. The maximum Gasteiger partial charge on any atom is 0.408 e. The van der Waals surface area contributed by atoms with Crippen LogP contribution in [0, 0.1) is 0 Å². The molecule has 0 spiro atoms. The van der Waals surface area contributed by atoms with Crippen LogP contribution in [-0.2, 0) is 19.1 Å². The summed E-state index contributed by atoms with van der Waals surface area (Å²) in [6, 6.07) is -1.42. The number of nitrogens with one attached hydrogen (secondary N) is 1. The van der Waals surface area contributed by atoms with Gasteiger partial charge in [-0.15, -0.1) is 0 Å². The fourth-order valence-corrected chi connectivity index (χ4v) is 0.873. The number of carbonyl (C=O) groups excluding carboxylic acids is 2. The molecule has 0 aliphatic heterocycles. The van der Waals surface area contributed by atoms with Crippen molar-refractivity contribution in [2.75, 3.05) is 7.11 Å². The number of carbonyl (C=O) groups is 3. The summed E-state index contributed by atoms with van der Waals surface area (Å²) in [5, 5.41) is 10.8. The van der Waals surface area contributed by atoms with E-state index in [4.69, 9.17) is 11.2 Å². The van der Waals surface area contributed by atoms with Crippen LogP contribution in [0.5, 0.6) is 0 Å². The summed E-state index contributed by atoms with van der Waals surface area (Å²) in [5.74, 6) is -2.14. The zero-order chi connectivity index (χ0) is 14.3. The second-order valence-corrected chi connectivity index (χ2v) is 3.96. The first-order chi connectivity index (χ1) is 8.21. The number of methoxy groups -OCH3 is 1. The topological polar surface area (TPSA) is 102 Å². The minimum atomic E-state index is -1.42. The molecule has 0 aromatic carbocycles. The van der Waals surface area contributed by atoms with Crippen LogP contribution in [-0.4, -0.2) is 41.9 Å². The molecule has 0 radical (unpaired) electrons. The minimum absolute atomic E-state index is 0.171. The molecule has 7 heteroatoms. The Morgan fingerprint density at radius 2 is 2.06 bits per heavy atom. The van der Waals surface area contributed by atoms with E-state index in [9.17, 15) is 14.4 Å². The molecule has 0 bridgehead atoms. The number of esters is 1. The number of carboxylic acids is 1. The number of amides is 1. The van der Waals surface area contributed by atoms with Crippen LogP contribution >= 0.6 is 0 Å². The van der Waals surface area contributed by atoms with Crippen molar-refractivity contribution >= 4 is 18.0 Å². The molecule has 98 valence electrons. The Hall–Kier alpha value is -1.79. The second-order valence-electron chi connectivity index (χ2n) is 3.96. The molecule has 0 fully saturated rings. The normalized spacial score (nSPS) is 13.2. The number of hydrogen-bond acceptors (Lipinski definition) is 5. The smallest absolute Gasteiger partial charge is 0.408 e. The third-order valence-electron chi connectivity index (χ3n) is 1.56. The lowest BCUT2D eigenvalue weighted by molar-refractivity contribution is -0.147. The van der Waals surface area contributed by atoms with Crippen molar-refractivity contribution in [2.24, 2.45) is 0 Å². The fraction of sp³-hybridized carbons (Fsp3) is 0.700. The zero-order valence-electron chi connectivity index (χ0n) is 11.0. The van der Waals surface area contributed by atoms with E-state index in [1.165, 1.54) is 13.8 Å². The lowest BCUT2D eigenvalue weighted by Crippen LogP contribution is -2.44. The van der Waals surface area contributed by atoms with Crippen molar-refractivity contribution in [2.45, 2.75) is 38.8 Å². The first-order valence-corrected chi connectivity index (χ1v) is 4.80. The molecular formula is C10H17NO6. The molecule has 17 heavy (non-hydrogen) atoms. The molecule has 7 nitrogen and oxygen atoms in total. The molecule has 0 aliphatic carbocycles. The van der Waals surface area contributed by atoms with E-state index in [1.807, 2.05) is 5.32 Å². The molecule has 0 saturated carbocycles. The van der Waals surface area contributed by atoms with Gasteiger partial charge >= 0.3 is 18.0 Å². The highest BCUT2D eigenvalue weighted by Gasteiger charge is 2.26. The summed E-state index contributed by atoms with van der Waals surface area (Å²) < 4.78 is 16.3. The average molecular weight is 248 g/mol. The Morgan fingerprint density at radius 3 is 2.47 bits per heavy atom. The highest BCUT2D eigenvalue weighted by molar-refractivity contribution is 5.85. The summed E-state index contributed by atoms with van der Waals surface area (Å²) >= 11 is 0. The molecule has 0 unspecified atom stereocenters. The van der Waals surface area contributed by atoms with E-state index >= 15 is 0 Å². The first-order valence-electron chi connectivity index (χ1n) is 5.51. The monoisotopic (exact) mass is 248 g/mol. The molecule has 0 aromatic heterocycles. The third kappa shape index (κ3) is 7.15. The standard InChI is InChI=1S/C10H17NO6/c1-10(2,3)17-9(15)11-6(8(13)14)5-7(12)16-4/h6H,5H2,1-4H3,(H,11,15)(H,13,14)/t6-/m0/s1/i1D. The van der Waals surface area contributed by atoms with E-state index in [2.05, 4.69) is 4.74 Å². The lowest BCUT2D eigenvalue weighted by Gasteiger charge is -2.21. The molecular weight excluding hydrogens is 230 g/mol. The van der Waals surface area contributed by atoms with E-state index in [1.54, 1.807) is 0 Å². The largest absolute Gasteiger partial charge is 0.480 e. The van der Waals surface area contributed by atoms with Gasteiger partial charge in [0.2, 0.25) is 0 Å². The number of rotatable bonds is 4. The van der Waals surface area contributed by atoms with E-state index in [0.29, 0.717) is 0 Å². The van der Waals surface area contributed by atoms with Crippen LogP contribution in [0.25, 0.3) is 0 Å². The molecule has 1 atom stereocenters.